The third kappa shape index (κ3) is 4.18. The van der Waals surface area contributed by atoms with Crippen LogP contribution < -0.4 is 15.6 Å². The molecule has 4 aromatic rings. The van der Waals surface area contributed by atoms with Gasteiger partial charge >= 0.3 is 5.97 Å². The SMILES string of the molecule is COC(=O)c1ccc(-n2c(NCc3ccc(OC)cc3)nc3ccc(C)cc3c2=O)cc1. The first-order valence-electron chi connectivity index (χ1n) is 10.1. The van der Waals surface area contributed by atoms with E-state index >= 15 is 0 Å². The monoisotopic (exact) mass is 429 g/mol. The van der Waals surface area contributed by atoms with Crippen LogP contribution in [-0.2, 0) is 11.3 Å². The lowest BCUT2D eigenvalue weighted by atomic mass is 10.1. The van der Waals surface area contributed by atoms with E-state index in [-0.39, 0.29) is 5.56 Å². The summed E-state index contributed by atoms with van der Waals surface area (Å²) in [6, 6.07) is 19.9. The van der Waals surface area contributed by atoms with E-state index in [0.29, 0.717) is 34.6 Å². The minimum Gasteiger partial charge on any atom is -0.497 e. The second-order valence-corrected chi connectivity index (χ2v) is 7.34. The van der Waals surface area contributed by atoms with Crippen LogP contribution in [0.4, 0.5) is 5.95 Å². The zero-order valence-electron chi connectivity index (χ0n) is 18.1. The molecule has 1 aromatic heterocycles. The molecule has 7 nitrogen and oxygen atoms in total. The first-order chi connectivity index (χ1) is 15.5. The third-order valence-electron chi connectivity index (χ3n) is 5.18. The van der Waals surface area contributed by atoms with Crippen LogP contribution in [0.5, 0.6) is 5.75 Å². The first kappa shape index (κ1) is 21.1. The lowest BCUT2D eigenvalue weighted by Crippen LogP contribution is -2.24. The van der Waals surface area contributed by atoms with Crippen molar-refractivity contribution < 1.29 is 14.3 Å². The molecule has 0 saturated carbocycles. The zero-order valence-corrected chi connectivity index (χ0v) is 18.1. The summed E-state index contributed by atoms with van der Waals surface area (Å²) < 4.78 is 11.5. The number of carbonyl (C=O) groups is 1. The number of aryl methyl sites for hydroxylation is 1. The van der Waals surface area contributed by atoms with Gasteiger partial charge in [0.1, 0.15) is 5.75 Å². The number of methoxy groups -OCH3 is 2. The number of hydrogen-bond donors (Lipinski definition) is 1. The molecule has 0 amide bonds. The van der Waals surface area contributed by atoms with Crippen molar-refractivity contribution in [3.8, 4) is 11.4 Å². The van der Waals surface area contributed by atoms with Crippen LogP contribution in [0.2, 0.25) is 0 Å². The summed E-state index contributed by atoms with van der Waals surface area (Å²) in [5, 5.41) is 3.81. The van der Waals surface area contributed by atoms with E-state index in [1.165, 1.54) is 11.7 Å². The largest absolute Gasteiger partial charge is 0.497 e. The van der Waals surface area contributed by atoms with Gasteiger partial charge < -0.3 is 14.8 Å². The quantitative estimate of drug-likeness (QED) is 0.465. The molecule has 32 heavy (non-hydrogen) atoms. The molecule has 0 atom stereocenters. The van der Waals surface area contributed by atoms with Gasteiger partial charge in [-0.2, -0.15) is 0 Å². The van der Waals surface area contributed by atoms with E-state index in [9.17, 15) is 9.59 Å². The maximum atomic E-state index is 13.4. The van der Waals surface area contributed by atoms with E-state index in [0.717, 1.165) is 16.9 Å². The molecular weight excluding hydrogens is 406 g/mol. The van der Waals surface area contributed by atoms with Crippen molar-refractivity contribution in [3.63, 3.8) is 0 Å². The van der Waals surface area contributed by atoms with Crippen molar-refractivity contribution in [3.05, 3.63) is 93.8 Å². The minimum absolute atomic E-state index is 0.193. The Hall–Kier alpha value is -4.13. The number of nitrogens with one attached hydrogen (secondary N) is 1. The van der Waals surface area contributed by atoms with E-state index in [4.69, 9.17) is 14.5 Å². The fourth-order valence-corrected chi connectivity index (χ4v) is 3.45. The second-order valence-electron chi connectivity index (χ2n) is 7.34. The van der Waals surface area contributed by atoms with Gasteiger partial charge in [0.25, 0.3) is 5.56 Å². The third-order valence-corrected chi connectivity index (χ3v) is 5.18. The number of benzene rings is 3. The van der Waals surface area contributed by atoms with Crippen molar-refractivity contribution in [2.75, 3.05) is 19.5 Å². The summed E-state index contributed by atoms with van der Waals surface area (Å²) in [6.45, 7) is 2.40. The Morgan fingerprint density at radius 3 is 2.38 bits per heavy atom. The standard InChI is InChI=1S/C25H23N3O4/c1-16-4-13-22-21(14-16)23(29)28(19-9-7-18(8-10-19)24(30)32-3)25(27-22)26-15-17-5-11-20(31-2)12-6-17/h4-14H,15H2,1-3H3,(H,26,27). The smallest absolute Gasteiger partial charge is 0.337 e. The summed E-state index contributed by atoms with van der Waals surface area (Å²) >= 11 is 0. The number of hydrogen-bond acceptors (Lipinski definition) is 6. The number of fused-ring (bicyclic) bond motifs is 1. The number of nitrogens with zero attached hydrogens (tertiary/aromatic N) is 2. The van der Waals surface area contributed by atoms with Crippen molar-refractivity contribution in [2.45, 2.75) is 13.5 Å². The zero-order chi connectivity index (χ0) is 22.7. The lowest BCUT2D eigenvalue weighted by molar-refractivity contribution is 0.0600. The number of anilines is 1. The van der Waals surface area contributed by atoms with E-state index in [1.54, 1.807) is 31.4 Å². The van der Waals surface area contributed by atoms with E-state index in [2.05, 4.69) is 5.32 Å². The molecule has 0 spiro atoms. The number of aromatic nitrogens is 2. The van der Waals surface area contributed by atoms with Crippen molar-refractivity contribution in [1.29, 1.82) is 0 Å². The highest BCUT2D eigenvalue weighted by atomic mass is 16.5. The predicted molar refractivity (Wildman–Crippen MR) is 124 cm³/mol. The molecule has 4 rings (SSSR count). The van der Waals surface area contributed by atoms with Gasteiger partial charge in [0.15, 0.2) is 0 Å². The maximum Gasteiger partial charge on any atom is 0.337 e. The Kier molecular flexibility index (Phi) is 5.89. The Morgan fingerprint density at radius 2 is 1.72 bits per heavy atom. The second kappa shape index (κ2) is 8.93. The van der Waals surface area contributed by atoms with Crippen LogP contribution in [0.15, 0.2) is 71.5 Å². The van der Waals surface area contributed by atoms with Crippen molar-refractivity contribution in [1.82, 2.24) is 9.55 Å². The number of rotatable bonds is 6. The Bertz CT molecular complexity index is 1330. The lowest BCUT2D eigenvalue weighted by Gasteiger charge is -2.16. The maximum absolute atomic E-state index is 13.4. The highest BCUT2D eigenvalue weighted by Crippen LogP contribution is 2.19. The summed E-state index contributed by atoms with van der Waals surface area (Å²) in [6.07, 6.45) is 0. The molecule has 0 bridgehead atoms. The molecule has 0 aliphatic heterocycles. The van der Waals surface area contributed by atoms with Crippen molar-refractivity contribution in [2.24, 2.45) is 0 Å². The van der Waals surface area contributed by atoms with Crippen LogP contribution >= 0.6 is 0 Å². The topological polar surface area (TPSA) is 82.4 Å². The highest BCUT2D eigenvalue weighted by Gasteiger charge is 2.14. The molecule has 7 heteroatoms. The van der Waals surface area contributed by atoms with Crippen molar-refractivity contribution >= 4 is 22.8 Å². The Balaban J connectivity index is 1.78. The molecule has 0 aliphatic carbocycles. The van der Waals surface area contributed by atoms with Gasteiger partial charge in [0.2, 0.25) is 5.95 Å². The molecule has 162 valence electrons. The Morgan fingerprint density at radius 1 is 1.00 bits per heavy atom. The average Bonchev–Trinajstić information content (AvgIpc) is 2.83. The van der Waals surface area contributed by atoms with Crippen LogP contribution in [0.25, 0.3) is 16.6 Å². The Labute approximate surface area is 185 Å². The van der Waals surface area contributed by atoms with E-state index in [1.807, 2.05) is 49.4 Å². The molecular formula is C25H23N3O4. The number of ether oxygens (including phenoxy) is 2. The van der Waals surface area contributed by atoms with Gasteiger partial charge in [-0.3, -0.25) is 4.79 Å². The van der Waals surface area contributed by atoms with Crippen LogP contribution in [0.1, 0.15) is 21.5 Å². The molecule has 0 fully saturated rings. The summed E-state index contributed by atoms with van der Waals surface area (Å²) in [5.74, 6) is 0.748. The van der Waals surface area contributed by atoms with Crippen LogP contribution in [0, 0.1) is 6.92 Å². The van der Waals surface area contributed by atoms with Gasteiger partial charge in [-0.1, -0.05) is 23.8 Å². The van der Waals surface area contributed by atoms with Gasteiger partial charge in [0.05, 0.1) is 36.4 Å². The molecule has 0 radical (unpaired) electrons. The average molecular weight is 429 g/mol. The van der Waals surface area contributed by atoms with Crippen LogP contribution in [0.3, 0.4) is 0 Å². The number of carbonyl (C=O) groups excluding carboxylic acids is 1. The van der Waals surface area contributed by atoms with Gasteiger partial charge in [-0.05, 0) is 61.0 Å². The fraction of sp³-hybridized carbons (Fsp3) is 0.160. The predicted octanol–water partition coefficient (Wildman–Crippen LogP) is 4.10. The molecule has 1 heterocycles. The highest BCUT2D eigenvalue weighted by molar-refractivity contribution is 5.89. The fourth-order valence-electron chi connectivity index (χ4n) is 3.45. The molecule has 0 unspecified atom stereocenters. The molecule has 3 aromatic carbocycles. The minimum atomic E-state index is -0.436. The van der Waals surface area contributed by atoms with Gasteiger partial charge in [-0.25, -0.2) is 14.3 Å². The normalized spacial score (nSPS) is 10.7. The van der Waals surface area contributed by atoms with Gasteiger partial charge in [0, 0.05) is 6.54 Å². The summed E-state index contributed by atoms with van der Waals surface area (Å²) in [7, 11) is 2.95. The van der Waals surface area contributed by atoms with Crippen LogP contribution in [-0.4, -0.2) is 29.7 Å². The summed E-state index contributed by atoms with van der Waals surface area (Å²) in [5.41, 5.74) is 3.40. The molecule has 0 aliphatic rings. The molecule has 1 N–H and O–H groups in total. The first-order valence-corrected chi connectivity index (χ1v) is 10.1. The van der Waals surface area contributed by atoms with E-state index < -0.39 is 5.97 Å². The molecule has 0 saturated heterocycles. The van der Waals surface area contributed by atoms with Gasteiger partial charge in [-0.15, -0.1) is 0 Å². The number of esters is 1. The summed E-state index contributed by atoms with van der Waals surface area (Å²) in [4.78, 5) is 29.9.